The van der Waals surface area contributed by atoms with Gasteiger partial charge < -0.3 is 10.1 Å². The first-order valence-electron chi connectivity index (χ1n) is 5.19. The number of hydrogen-bond acceptors (Lipinski definition) is 3. The van der Waals surface area contributed by atoms with E-state index in [1.807, 2.05) is 0 Å². The Morgan fingerprint density at radius 2 is 1.41 bits per heavy atom. The number of ether oxygens (including phenoxy) is 1. The molecule has 0 heterocycles. The van der Waals surface area contributed by atoms with Gasteiger partial charge in [0.2, 0.25) is 0 Å². The van der Waals surface area contributed by atoms with Crippen LogP contribution in [0.2, 0.25) is 0 Å². The van der Waals surface area contributed by atoms with Crippen molar-refractivity contribution in [3.05, 3.63) is 0 Å². The SMILES string of the molecule is CC(C)(C)NC(=O)C(Cl)(Cl)C(=O)OC(C)(C)C. The molecule has 0 radical (unpaired) electrons. The van der Waals surface area contributed by atoms with E-state index in [2.05, 4.69) is 5.32 Å². The van der Waals surface area contributed by atoms with Gasteiger partial charge in [-0.2, -0.15) is 0 Å². The molecule has 0 spiro atoms. The van der Waals surface area contributed by atoms with Crippen molar-refractivity contribution in [3.63, 3.8) is 0 Å². The van der Waals surface area contributed by atoms with Gasteiger partial charge in [-0.15, -0.1) is 0 Å². The van der Waals surface area contributed by atoms with Gasteiger partial charge in [-0.25, -0.2) is 4.79 Å². The lowest BCUT2D eigenvalue weighted by atomic mass is 10.1. The van der Waals surface area contributed by atoms with Gasteiger partial charge in [-0.3, -0.25) is 4.79 Å². The van der Waals surface area contributed by atoms with Crippen LogP contribution in [-0.2, 0) is 14.3 Å². The predicted molar refractivity (Wildman–Crippen MR) is 68.2 cm³/mol. The number of esters is 1. The third-order valence-electron chi connectivity index (χ3n) is 1.43. The summed E-state index contributed by atoms with van der Waals surface area (Å²) in [5, 5.41) is 2.52. The second-order valence-corrected chi connectivity index (χ2v) is 7.11. The Morgan fingerprint density at radius 3 is 1.71 bits per heavy atom. The molecule has 0 aliphatic heterocycles. The molecule has 0 saturated carbocycles. The maximum atomic E-state index is 11.7. The summed E-state index contributed by atoms with van der Waals surface area (Å²) in [6.07, 6.45) is 0. The molecule has 0 rings (SSSR count). The zero-order valence-electron chi connectivity index (χ0n) is 11.0. The van der Waals surface area contributed by atoms with E-state index in [1.165, 1.54) is 0 Å². The number of rotatable bonds is 2. The Balaban J connectivity index is 4.78. The molecule has 0 aliphatic rings. The van der Waals surface area contributed by atoms with Gasteiger partial charge in [0.15, 0.2) is 0 Å². The molecule has 0 atom stereocenters. The van der Waals surface area contributed by atoms with Gasteiger partial charge in [-0.1, -0.05) is 23.2 Å². The Morgan fingerprint density at radius 1 is 1.00 bits per heavy atom. The minimum absolute atomic E-state index is 0.534. The molecule has 17 heavy (non-hydrogen) atoms. The van der Waals surface area contributed by atoms with Crippen molar-refractivity contribution < 1.29 is 14.3 Å². The first-order valence-corrected chi connectivity index (χ1v) is 5.95. The Labute approximate surface area is 112 Å². The van der Waals surface area contributed by atoms with Gasteiger partial charge in [0.05, 0.1) is 0 Å². The summed E-state index contributed by atoms with van der Waals surface area (Å²) < 4.78 is 2.74. The van der Waals surface area contributed by atoms with E-state index < -0.39 is 27.3 Å². The fourth-order valence-corrected chi connectivity index (χ4v) is 1.03. The van der Waals surface area contributed by atoms with E-state index >= 15 is 0 Å². The van der Waals surface area contributed by atoms with Crippen molar-refractivity contribution >= 4 is 35.1 Å². The van der Waals surface area contributed by atoms with Crippen LogP contribution in [0.25, 0.3) is 0 Å². The van der Waals surface area contributed by atoms with Crippen LogP contribution in [0.15, 0.2) is 0 Å². The van der Waals surface area contributed by atoms with E-state index in [0.29, 0.717) is 0 Å². The second-order valence-electron chi connectivity index (χ2n) is 5.78. The van der Waals surface area contributed by atoms with Crippen molar-refractivity contribution in [3.8, 4) is 0 Å². The monoisotopic (exact) mass is 283 g/mol. The van der Waals surface area contributed by atoms with Crippen molar-refractivity contribution in [1.82, 2.24) is 5.32 Å². The highest BCUT2D eigenvalue weighted by molar-refractivity contribution is 6.67. The van der Waals surface area contributed by atoms with Crippen molar-refractivity contribution in [1.29, 1.82) is 0 Å². The number of nitrogens with one attached hydrogen (secondary N) is 1. The zero-order chi connectivity index (χ0) is 14.1. The molecule has 1 N–H and O–H groups in total. The molecule has 0 aromatic carbocycles. The Bertz CT molecular complexity index is 284. The second kappa shape index (κ2) is 5.02. The quantitative estimate of drug-likeness (QED) is 0.481. The number of carbonyl (C=O) groups excluding carboxylic acids is 2. The lowest BCUT2D eigenvalue weighted by Gasteiger charge is -2.28. The molecular formula is C11H19Cl2NO3. The summed E-state index contributed by atoms with van der Waals surface area (Å²) in [4.78, 5) is 23.4. The zero-order valence-corrected chi connectivity index (χ0v) is 12.5. The first kappa shape index (κ1) is 16.5. The third-order valence-corrected chi connectivity index (χ3v) is 2.08. The highest BCUT2D eigenvalue weighted by Gasteiger charge is 2.46. The lowest BCUT2D eigenvalue weighted by Crippen LogP contribution is -2.52. The Hall–Kier alpha value is -0.480. The molecule has 0 bridgehead atoms. The molecular weight excluding hydrogens is 265 g/mol. The maximum Gasteiger partial charge on any atom is 0.353 e. The van der Waals surface area contributed by atoms with Crippen LogP contribution in [0.4, 0.5) is 0 Å². The van der Waals surface area contributed by atoms with Crippen LogP contribution < -0.4 is 5.32 Å². The molecule has 0 aromatic rings. The summed E-state index contributed by atoms with van der Waals surface area (Å²) in [5.74, 6) is -1.77. The topological polar surface area (TPSA) is 55.4 Å². The van der Waals surface area contributed by atoms with Gasteiger partial charge in [0.25, 0.3) is 10.2 Å². The van der Waals surface area contributed by atoms with Crippen molar-refractivity contribution in [2.24, 2.45) is 0 Å². The molecule has 100 valence electrons. The fourth-order valence-electron chi connectivity index (χ4n) is 0.854. The van der Waals surface area contributed by atoms with E-state index in [1.54, 1.807) is 41.5 Å². The van der Waals surface area contributed by atoms with Gasteiger partial charge in [-0.05, 0) is 41.5 Å². The summed E-state index contributed by atoms with van der Waals surface area (Å²) in [6.45, 7) is 10.3. The van der Waals surface area contributed by atoms with Crippen LogP contribution in [0, 0.1) is 0 Å². The lowest BCUT2D eigenvalue weighted by molar-refractivity contribution is -0.157. The maximum absolute atomic E-state index is 11.7. The van der Waals surface area contributed by atoms with E-state index in [-0.39, 0.29) is 0 Å². The molecule has 0 unspecified atom stereocenters. The third kappa shape index (κ3) is 6.13. The summed E-state index contributed by atoms with van der Waals surface area (Å²) in [6, 6.07) is 0. The standard InChI is InChI=1S/C11H19Cl2NO3/c1-9(2,3)14-7(15)11(12,13)8(16)17-10(4,5)6/h1-6H3,(H,14,15). The van der Waals surface area contributed by atoms with E-state index in [4.69, 9.17) is 27.9 Å². The molecule has 6 heteroatoms. The summed E-state index contributed by atoms with van der Waals surface area (Å²) >= 11 is 11.5. The number of carbonyl (C=O) groups is 2. The number of halogens is 2. The van der Waals surface area contributed by atoms with Gasteiger partial charge >= 0.3 is 5.97 Å². The highest BCUT2D eigenvalue weighted by atomic mass is 35.5. The minimum atomic E-state index is -2.24. The predicted octanol–water partition coefficient (Wildman–Crippen LogP) is 2.42. The summed E-state index contributed by atoms with van der Waals surface area (Å²) in [7, 11) is 0. The minimum Gasteiger partial charge on any atom is -0.457 e. The van der Waals surface area contributed by atoms with Crippen LogP contribution in [0.1, 0.15) is 41.5 Å². The molecule has 0 aliphatic carbocycles. The average Bonchev–Trinajstić information content (AvgIpc) is 1.96. The van der Waals surface area contributed by atoms with E-state index in [0.717, 1.165) is 0 Å². The summed E-state index contributed by atoms with van der Waals surface area (Å²) in [5.41, 5.74) is -1.29. The van der Waals surface area contributed by atoms with Crippen LogP contribution in [-0.4, -0.2) is 27.3 Å². The number of hydrogen-bond donors (Lipinski definition) is 1. The number of alkyl halides is 2. The fraction of sp³-hybridized carbons (Fsp3) is 0.818. The highest BCUT2D eigenvalue weighted by Crippen LogP contribution is 2.26. The number of amides is 1. The van der Waals surface area contributed by atoms with Crippen LogP contribution >= 0.6 is 23.2 Å². The molecule has 1 amide bonds. The first-order chi connectivity index (χ1) is 7.26. The van der Waals surface area contributed by atoms with E-state index in [9.17, 15) is 9.59 Å². The van der Waals surface area contributed by atoms with Crippen LogP contribution in [0.5, 0.6) is 0 Å². The van der Waals surface area contributed by atoms with Crippen LogP contribution in [0.3, 0.4) is 0 Å². The van der Waals surface area contributed by atoms with Crippen molar-refractivity contribution in [2.75, 3.05) is 0 Å². The largest absolute Gasteiger partial charge is 0.457 e. The van der Waals surface area contributed by atoms with Gasteiger partial charge in [0, 0.05) is 5.54 Å². The Kier molecular flexibility index (Phi) is 4.88. The average molecular weight is 284 g/mol. The van der Waals surface area contributed by atoms with Crippen molar-refractivity contribution in [2.45, 2.75) is 57.0 Å². The molecule has 0 fully saturated rings. The normalized spacial score (nSPS) is 13.2. The molecule has 4 nitrogen and oxygen atoms in total. The smallest absolute Gasteiger partial charge is 0.353 e. The van der Waals surface area contributed by atoms with Gasteiger partial charge in [0.1, 0.15) is 5.60 Å². The molecule has 0 saturated heterocycles. The molecule has 0 aromatic heterocycles.